The molecule has 2 N–H and O–H groups in total. The molecule has 0 amide bonds. The Morgan fingerprint density at radius 2 is 1.95 bits per heavy atom. The summed E-state index contributed by atoms with van der Waals surface area (Å²) in [7, 11) is 0. The van der Waals surface area contributed by atoms with Crippen LogP contribution in [0.25, 0.3) is 11.1 Å². The van der Waals surface area contributed by atoms with E-state index in [1.807, 2.05) is 6.92 Å². The maximum atomic E-state index is 12.9. The molecule has 0 atom stereocenters. The van der Waals surface area contributed by atoms with E-state index in [0.29, 0.717) is 17.7 Å². The predicted octanol–water partition coefficient (Wildman–Crippen LogP) is 2.44. The van der Waals surface area contributed by atoms with Crippen molar-refractivity contribution in [1.29, 1.82) is 0 Å². The molecule has 2 rings (SSSR count). The van der Waals surface area contributed by atoms with Crippen molar-refractivity contribution in [2.24, 2.45) is 0 Å². The highest BCUT2D eigenvalue weighted by atomic mass is 19.1. The molecule has 0 aliphatic heterocycles. The van der Waals surface area contributed by atoms with Crippen LogP contribution < -0.4 is 5.43 Å². The number of rotatable bonds is 3. The van der Waals surface area contributed by atoms with E-state index in [4.69, 9.17) is 5.11 Å². The third-order valence-corrected chi connectivity index (χ3v) is 2.88. The minimum atomic E-state index is -1.28. The predicted molar refractivity (Wildman–Crippen MR) is 68.8 cm³/mol. The molecule has 98 valence electrons. The maximum Gasteiger partial charge on any atom is 0.341 e. The third-order valence-electron chi connectivity index (χ3n) is 2.88. The van der Waals surface area contributed by atoms with Gasteiger partial charge in [-0.05, 0) is 24.1 Å². The minimum Gasteiger partial charge on any atom is -0.477 e. The smallest absolute Gasteiger partial charge is 0.341 e. The summed E-state index contributed by atoms with van der Waals surface area (Å²) in [5.74, 6) is -1.69. The lowest BCUT2D eigenvalue weighted by molar-refractivity contribution is 0.0695. The number of carboxylic acids is 1. The van der Waals surface area contributed by atoms with Crippen LogP contribution >= 0.6 is 0 Å². The van der Waals surface area contributed by atoms with Gasteiger partial charge in [-0.25, -0.2) is 9.18 Å². The number of carboxylic acid groups (broad SMARTS) is 1. The van der Waals surface area contributed by atoms with Crippen LogP contribution in [-0.4, -0.2) is 16.1 Å². The van der Waals surface area contributed by atoms with E-state index < -0.39 is 17.2 Å². The summed E-state index contributed by atoms with van der Waals surface area (Å²) in [6, 6.07) is 5.40. The number of aromatic amines is 1. The van der Waals surface area contributed by atoms with E-state index in [2.05, 4.69) is 4.98 Å². The molecule has 19 heavy (non-hydrogen) atoms. The number of benzene rings is 1. The molecule has 5 heteroatoms. The SMILES string of the molecule is CCc1[nH]cc(C(=O)O)c(=O)c1-c1ccc(F)cc1. The summed E-state index contributed by atoms with van der Waals surface area (Å²) in [4.78, 5) is 26.0. The van der Waals surface area contributed by atoms with Crippen molar-refractivity contribution in [3.05, 3.63) is 57.8 Å². The molecule has 0 fully saturated rings. The second-order valence-electron chi connectivity index (χ2n) is 4.05. The van der Waals surface area contributed by atoms with Crippen molar-refractivity contribution in [3.8, 4) is 11.1 Å². The number of carbonyl (C=O) groups is 1. The van der Waals surface area contributed by atoms with Crippen molar-refractivity contribution in [3.63, 3.8) is 0 Å². The van der Waals surface area contributed by atoms with E-state index in [1.54, 1.807) is 0 Å². The number of pyridine rings is 1. The lowest BCUT2D eigenvalue weighted by atomic mass is 10.00. The Balaban J connectivity index is 2.73. The van der Waals surface area contributed by atoms with Gasteiger partial charge >= 0.3 is 5.97 Å². The van der Waals surface area contributed by atoms with Crippen molar-refractivity contribution < 1.29 is 14.3 Å². The summed E-state index contributed by atoms with van der Waals surface area (Å²) in [6.07, 6.45) is 1.73. The van der Waals surface area contributed by atoms with Gasteiger partial charge in [0.25, 0.3) is 0 Å². The Hall–Kier alpha value is -2.43. The number of hydrogen-bond acceptors (Lipinski definition) is 2. The van der Waals surface area contributed by atoms with Crippen LogP contribution in [-0.2, 0) is 6.42 Å². The van der Waals surface area contributed by atoms with Gasteiger partial charge in [0, 0.05) is 17.5 Å². The van der Waals surface area contributed by atoms with E-state index in [0.717, 1.165) is 0 Å². The van der Waals surface area contributed by atoms with Crippen molar-refractivity contribution in [2.45, 2.75) is 13.3 Å². The zero-order valence-electron chi connectivity index (χ0n) is 10.2. The molecule has 0 radical (unpaired) electrons. The van der Waals surface area contributed by atoms with Crippen molar-refractivity contribution in [2.75, 3.05) is 0 Å². The van der Waals surface area contributed by atoms with Gasteiger partial charge in [0.1, 0.15) is 11.4 Å². The molecular weight excluding hydrogens is 249 g/mol. The van der Waals surface area contributed by atoms with Crippen LogP contribution in [0.4, 0.5) is 4.39 Å². The van der Waals surface area contributed by atoms with Crippen LogP contribution in [0, 0.1) is 5.82 Å². The summed E-state index contributed by atoms with van der Waals surface area (Å²) >= 11 is 0. The highest BCUT2D eigenvalue weighted by Gasteiger charge is 2.16. The molecule has 4 nitrogen and oxygen atoms in total. The normalized spacial score (nSPS) is 10.4. The van der Waals surface area contributed by atoms with Gasteiger partial charge in [-0.1, -0.05) is 19.1 Å². The average molecular weight is 261 g/mol. The first kappa shape index (κ1) is 13.0. The van der Waals surface area contributed by atoms with Crippen LogP contribution in [0.15, 0.2) is 35.3 Å². The van der Waals surface area contributed by atoms with Gasteiger partial charge in [-0.2, -0.15) is 0 Å². The number of nitrogens with one attached hydrogen (secondary N) is 1. The number of aryl methyl sites for hydroxylation is 1. The molecule has 1 heterocycles. The third kappa shape index (κ3) is 2.40. The number of aromatic nitrogens is 1. The molecule has 0 aliphatic carbocycles. The average Bonchev–Trinajstić information content (AvgIpc) is 2.39. The number of hydrogen-bond donors (Lipinski definition) is 2. The minimum absolute atomic E-state index is 0.280. The molecule has 1 aromatic heterocycles. The van der Waals surface area contributed by atoms with E-state index in [-0.39, 0.29) is 11.1 Å². The van der Waals surface area contributed by atoms with Crippen molar-refractivity contribution in [1.82, 2.24) is 4.98 Å². The monoisotopic (exact) mass is 261 g/mol. The standard InChI is InChI=1S/C14H12FNO3/c1-2-11-12(8-3-5-9(15)6-4-8)13(17)10(7-16-11)14(18)19/h3-7H,2H2,1H3,(H,16,17)(H,18,19). The van der Waals surface area contributed by atoms with Gasteiger partial charge in [0.05, 0.1) is 0 Å². The Morgan fingerprint density at radius 3 is 2.47 bits per heavy atom. The van der Waals surface area contributed by atoms with Crippen LogP contribution in [0.3, 0.4) is 0 Å². The highest BCUT2D eigenvalue weighted by molar-refractivity contribution is 5.89. The quantitative estimate of drug-likeness (QED) is 0.891. The van der Waals surface area contributed by atoms with Gasteiger partial charge in [0.2, 0.25) is 5.43 Å². The lowest BCUT2D eigenvalue weighted by Gasteiger charge is -2.08. The highest BCUT2D eigenvalue weighted by Crippen LogP contribution is 2.20. The molecule has 0 unspecified atom stereocenters. The van der Waals surface area contributed by atoms with Gasteiger partial charge < -0.3 is 10.1 Å². The number of halogens is 1. The largest absolute Gasteiger partial charge is 0.477 e. The summed E-state index contributed by atoms with van der Waals surface area (Å²) in [5, 5.41) is 8.96. The molecular formula is C14H12FNO3. The summed E-state index contributed by atoms with van der Waals surface area (Å²) in [5.41, 5.74) is 0.526. The second kappa shape index (κ2) is 5.06. The molecule has 2 aromatic rings. The molecule has 0 saturated heterocycles. The van der Waals surface area contributed by atoms with Gasteiger partial charge in [-0.3, -0.25) is 4.79 Å². The van der Waals surface area contributed by atoms with Gasteiger partial charge in [0.15, 0.2) is 0 Å². The summed E-state index contributed by atoms with van der Waals surface area (Å²) < 4.78 is 12.9. The van der Waals surface area contributed by atoms with E-state index in [1.165, 1.54) is 30.5 Å². The molecule has 1 aromatic carbocycles. The Kier molecular flexibility index (Phi) is 3.46. The first-order valence-electron chi connectivity index (χ1n) is 5.78. The van der Waals surface area contributed by atoms with Crippen LogP contribution in [0.1, 0.15) is 23.0 Å². The fourth-order valence-corrected chi connectivity index (χ4v) is 1.93. The Bertz CT molecular complexity index is 674. The maximum absolute atomic E-state index is 12.9. The summed E-state index contributed by atoms with van der Waals surface area (Å²) in [6.45, 7) is 1.85. The molecule has 0 saturated carbocycles. The van der Waals surface area contributed by atoms with E-state index >= 15 is 0 Å². The lowest BCUT2D eigenvalue weighted by Crippen LogP contribution is -2.19. The fourth-order valence-electron chi connectivity index (χ4n) is 1.93. The fraction of sp³-hybridized carbons (Fsp3) is 0.143. The second-order valence-corrected chi connectivity index (χ2v) is 4.05. The first-order valence-corrected chi connectivity index (χ1v) is 5.78. The Labute approximate surface area is 108 Å². The van der Waals surface area contributed by atoms with Crippen LogP contribution in [0.5, 0.6) is 0 Å². The topological polar surface area (TPSA) is 70.2 Å². The van der Waals surface area contributed by atoms with E-state index in [9.17, 15) is 14.0 Å². The van der Waals surface area contributed by atoms with Crippen molar-refractivity contribution >= 4 is 5.97 Å². The zero-order chi connectivity index (χ0) is 14.0. The first-order chi connectivity index (χ1) is 9.04. The molecule has 0 spiro atoms. The number of H-pyrrole nitrogens is 1. The molecule has 0 aliphatic rings. The molecule has 0 bridgehead atoms. The van der Waals surface area contributed by atoms with Crippen LogP contribution in [0.2, 0.25) is 0 Å². The van der Waals surface area contributed by atoms with Gasteiger partial charge in [-0.15, -0.1) is 0 Å². The number of aromatic carboxylic acids is 1. The zero-order valence-corrected chi connectivity index (χ0v) is 10.2. The Morgan fingerprint density at radius 1 is 1.32 bits per heavy atom.